The minimum absolute atomic E-state index is 0.0195. The summed E-state index contributed by atoms with van der Waals surface area (Å²) >= 11 is 6.24. The van der Waals surface area contributed by atoms with Crippen molar-refractivity contribution in [2.75, 3.05) is 25.0 Å². The fraction of sp³-hybridized carbons (Fsp3) is 0.333. The van der Waals surface area contributed by atoms with Gasteiger partial charge in [-0.2, -0.15) is 17.0 Å². The van der Waals surface area contributed by atoms with E-state index in [-0.39, 0.29) is 25.6 Å². The second-order valence-electron chi connectivity index (χ2n) is 8.68. The topological polar surface area (TPSA) is 103 Å². The Bertz CT molecular complexity index is 1340. The van der Waals surface area contributed by atoms with Crippen molar-refractivity contribution in [3.05, 3.63) is 71.0 Å². The standard InChI is InChI=1S/C24H25ClN4O4S/c25-18-8-7-17-13-28(34(32,33)29-9-3-5-19(29)15-30)14-22(21(17)10-18)24(31)27-23-12-26-11-16-4-1-2-6-20(16)23/h1-2,4,6-8,10-12,19,22,30H,3,5,9,13-15H2,(H,27,31). The number of benzene rings is 2. The predicted molar refractivity (Wildman–Crippen MR) is 131 cm³/mol. The van der Waals surface area contributed by atoms with E-state index in [9.17, 15) is 18.3 Å². The summed E-state index contributed by atoms with van der Waals surface area (Å²) in [6.07, 6.45) is 4.63. The molecule has 1 amide bonds. The molecule has 178 valence electrons. The van der Waals surface area contributed by atoms with E-state index in [1.165, 1.54) is 8.61 Å². The van der Waals surface area contributed by atoms with Crippen molar-refractivity contribution in [2.24, 2.45) is 0 Å². The number of amides is 1. The number of aromatic nitrogens is 1. The lowest BCUT2D eigenvalue weighted by atomic mass is 9.90. The van der Waals surface area contributed by atoms with Gasteiger partial charge in [0.15, 0.2) is 0 Å². The third-order valence-electron chi connectivity index (χ3n) is 6.62. The van der Waals surface area contributed by atoms with Crippen molar-refractivity contribution in [2.45, 2.75) is 31.3 Å². The van der Waals surface area contributed by atoms with E-state index in [0.717, 1.165) is 16.3 Å². The summed E-state index contributed by atoms with van der Waals surface area (Å²) in [6.45, 7) is 0.255. The van der Waals surface area contributed by atoms with Crippen LogP contribution < -0.4 is 5.32 Å². The van der Waals surface area contributed by atoms with E-state index in [2.05, 4.69) is 10.3 Å². The molecule has 0 aliphatic carbocycles. The number of rotatable bonds is 5. The van der Waals surface area contributed by atoms with Gasteiger partial charge in [0.1, 0.15) is 0 Å². The molecule has 0 radical (unpaired) electrons. The van der Waals surface area contributed by atoms with Gasteiger partial charge in [-0.3, -0.25) is 9.78 Å². The highest BCUT2D eigenvalue weighted by molar-refractivity contribution is 7.86. The van der Waals surface area contributed by atoms with Gasteiger partial charge >= 0.3 is 0 Å². The van der Waals surface area contributed by atoms with Crippen LogP contribution in [0, 0.1) is 0 Å². The molecule has 2 N–H and O–H groups in total. The Balaban J connectivity index is 1.49. The number of aliphatic hydroxyl groups is 1. The van der Waals surface area contributed by atoms with E-state index < -0.39 is 22.2 Å². The summed E-state index contributed by atoms with van der Waals surface area (Å²) in [5.74, 6) is -1.09. The van der Waals surface area contributed by atoms with Crippen LogP contribution in [-0.2, 0) is 21.5 Å². The number of hydrogen-bond donors (Lipinski definition) is 2. The van der Waals surface area contributed by atoms with Crippen LogP contribution in [0.15, 0.2) is 54.9 Å². The highest BCUT2D eigenvalue weighted by Crippen LogP contribution is 2.35. The Morgan fingerprint density at radius 3 is 2.85 bits per heavy atom. The highest BCUT2D eigenvalue weighted by atomic mass is 35.5. The van der Waals surface area contributed by atoms with E-state index in [4.69, 9.17) is 11.6 Å². The van der Waals surface area contributed by atoms with Crippen LogP contribution in [0.5, 0.6) is 0 Å². The molecule has 2 aliphatic rings. The van der Waals surface area contributed by atoms with Crippen molar-refractivity contribution >= 4 is 44.2 Å². The Morgan fingerprint density at radius 1 is 1.21 bits per heavy atom. The third kappa shape index (κ3) is 4.18. The molecule has 0 bridgehead atoms. The van der Waals surface area contributed by atoms with Crippen LogP contribution in [0.4, 0.5) is 5.69 Å². The van der Waals surface area contributed by atoms with Gasteiger partial charge in [0, 0.05) is 47.7 Å². The predicted octanol–water partition coefficient (Wildman–Crippen LogP) is 3.13. The average molecular weight is 501 g/mol. The van der Waals surface area contributed by atoms with Crippen molar-refractivity contribution in [3.8, 4) is 0 Å². The lowest BCUT2D eigenvalue weighted by molar-refractivity contribution is -0.118. The van der Waals surface area contributed by atoms with Crippen LogP contribution in [0.3, 0.4) is 0 Å². The second kappa shape index (κ2) is 9.24. The van der Waals surface area contributed by atoms with Gasteiger partial charge < -0.3 is 10.4 Å². The normalized spacial score (nSPS) is 21.5. The van der Waals surface area contributed by atoms with E-state index >= 15 is 0 Å². The van der Waals surface area contributed by atoms with Crippen LogP contribution in [0.1, 0.15) is 29.9 Å². The summed E-state index contributed by atoms with van der Waals surface area (Å²) < 4.78 is 29.7. The van der Waals surface area contributed by atoms with Crippen molar-refractivity contribution in [1.82, 2.24) is 13.6 Å². The molecular formula is C24H25ClN4O4S. The Labute approximate surface area is 203 Å². The van der Waals surface area contributed by atoms with E-state index in [1.54, 1.807) is 30.6 Å². The lowest BCUT2D eigenvalue weighted by Crippen LogP contribution is -2.50. The molecule has 5 rings (SSSR count). The zero-order chi connectivity index (χ0) is 23.9. The van der Waals surface area contributed by atoms with Gasteiger partial charge in [-0.05, 0) is 36.1 Å². The molecule has 1 aromatic heterocycles. The van der Waals surface area contributed by atoms with E-state index in [1.807, 2.05) is 24.3 Å². The lowest BCUT2D eigenvalue weighted by Gasteiger charge is -2.36. The number of halogens is 1. The number of fused-ring (bicyclic) bond motifs is 2. The van der Waals surface area contributed by atoms with Gasteiger partial charge in [0.2, 0.25) is 5.91 Å². The number of pyridine rings is 1. The maximum atomic E-state index is 13.5. The fourth-order valence-corrected chi connectivity index (χ4v) is 6.90. The zero-order valence-electron chi connectivity index (χ0n) is 18.4. The largest absolute Gasteiger partial charge is 0.395 e. The van der Waals surface area contributed by atoms with E-state index in [0.29, 0.717) is 35.7 Å². The minimum Gasteiger partial charge on any atom is -0.395 e. The van der Waals surface area contributed by atoms with Crippen molar-refractivity contribution in [1.29, 1.82) is 0 Å². The first-order chi connectivity index (χ1) is 16.4. The van der Waals surface area contributed by atoms with Crippen molar-refractivity contribution in [3.63, 3.8) is 0 Å². The molecule has 2 aliphatic heterocycles. The molecular weight excluding hydrogens is 476 g/mol. The fourth-order valence-electron chi connectivity index (χ4n) is 4.87. The Morgan fingerprint density at radius 2 is 2.03 bits per heavy atom. The first-order valence-corrected chi connectivity index (χ1v) is 13.0. The SMILES string of the molecule is O=C(Nc1cncc2ccccc12)C1CN(S(=O)(=O)N2CCCC2CO)Cc2ccc(Cl)cc21. The molecule has 10 heteroatoms. The maximum Gasteiger partial charge on any atom is 0.282 e. The van der Waals surface area contributed by atoms with Gasteiger partial charge in [0.25, 0.3) is 10.2 Å². The molecule has 3 heterocycles. The smallest absolute Gasteiger partial charge is 0.282 e. The van der Waals surface area contributed by atoms with Crippen LogP contribution in [0.2, 0.25) is 5.02 Å². The molecule has 1 saturated heterocycles. The van der Waals surface area contributed by atoms with Gasteiger partial charge in [-0.25, -0.2) is 0 Å². The van der Waals surface area contributed by atoms with Crippen molar-refractivity contribution < 1.29 is 18.3 Å². The summed E-state index contributed by atoms with van der Waals surface area (Å²) in [4.78, 5) is 17.8. The number of carbonyl (C=O) groups excluding carboxylic acids is 1. The zero-order valence-corrected chi connectivity index (χ0v) is 20.0. The minimum atomic E-state index is -3.87. The number of aliphatic hydroxyl groups excluding tert-OH is 1. The summed E-state index contributed by atoms with van der Waals surface area (Å²) in [5, 5.41) is 14.8. The summed E-state index contributed by atoms with van der Waals surface area (Å²) in [6, 6.07) is 12.4. The molecule has 8 nitrogen and oxygen atoms in total. The number of nitrogens with zero attached hydrogens (tertiary/aromatic N) is 3. The van der Waals surface area contributed by atoms with Crippen LogP contribution in [0.25, 0.3) is 10.8 Å². The monoisotopic (exact) mass is 500 g/mol. The molecule has 3 aromatic rings. The molecule has 34 heavy (non-hydrogen) atoms. The average Bonchev–Trinajstić information content (AvgIpc) is 3.33. The van der Waals surface area contributed by atoms with Crippen LogP contribution in [-0.4, -0.2) is 58.8 Å². The molecule has 2 unspecified atom stereocenters. The van der Waals surface area contributed by atoms with Gasteiger partial charge in [0.05, 0.1) is 24.4 Å². The molecule has 0 saturated carbocycles. The maximum absolute atomic E-state index is 13.5. The summed E-state index contributed by atoms with van der Waals surface area (Å²) in [5.41, 5.74) is 2.01. The Hall–Kier alpha value is -2.56. The molecule has 1 fully saturated rings. The second-order valence-corrected chi connectivity index (χ2v) is 11.0. The van der Waals surface area contributed by atoms with Gasteiger partial charge in [-0.1, -0.05) is 41.9 Å². The first kappa shape index (κ1) is 23.2. The first-order valence-electron chi connectivity index (χ1n) is 11.2. The molecule has 2 aromatic carbocycles. The molecule has 2 atom stereocenters. The number of nitrogens with one attached hydrogen (secondary N) is 1. The number of carbonyl (C=O) groups is 1. The molecule has 0 spiro atoms. The number of anilines is 1. The highest BCUT2D eigenvalue weighted by Gasteiger charge is 2.42. The quantitative estimate of drug-likeness (QED) is 0.560. The number of hydrogen-bond acceptors (Lipinski definition) is 5. The Kier molecular flexibility index (Phi) is 6.30. The van der Waals surface area contributed by atoms with Crippen LogP contribution >= 0.6 is 11.6 Å². The van der Waals surface area contributed by atoms with Gasteiger partial charge in [-0.15, -0.1) is 0 Å². The third-order valence-corrected chi connectivity index (χ3v) is 8.85. The summed E-state index contributed by atoms with van der Waals surface area (Å²) in [7, 11) is -3.87.